The van der Waals surface area contributed by atoms with Gasteiger partial charge < -0.3 is 0 Å². The van der Waals surface area contributed by atoms with Crippen molar-refractivity contribution in [1.82, 2.24) is 4.42 Å². The van der Waals surface area contributed by atoms with Crippen molar-refractivity contribution >= 4 is 24.2 Å². The van der Waals surface area contributed by atoms with Crippen LogP contribution in [0.5, 0.6) is 0 Å². The molecule has 1 heterocycles. The summed E-state index contributed by atoms with van der Waals surface area (Å²) in [6.07, 6.45) is 6.00. The van der Waals surface area contributed by atoms with Crippen molar-refractivity contribution in [1.29, 1.82) is 0 Å². The molecule has 0 N–H and O–H groups in total. The first-order chi connectivity index (χ1) is 3.80. The number of rotatable bonds is 0. The molecule has 52 valence electrons. The molecule has 1 rings (SSSR count). The van der Waals surface area contributed by atoms with Crippen LogP contribution >= 0.6 is 24.2 Å². The number of allylic oxidation sites excluding steroid dienone is 3. The van der Waals surface area contributed by atoms with Gasteiger partial charge in [0.05, 0.1) is 6.54 Å². The molecule has 0 radical (unpaired) electrons. The second-order valence-corrected chi connectivity index (χ2v) is 2.19. The van der Waals surface area contributed by atoms with Gasteiger partial charge in [-0.25, -0.2) is 0 Å². The van der Waals surface area contributed by atoms with Crippen LogP contribution in [0.25, 0.3) is 0 Å². The lowest BCUT2D eigenvalue weighted by molar-refractivity contribution is 0.612. The van der Waals surface area contributed by atoms with Crippen LogP contribution in [0, 0.1) is 0 Å². The number of nitrogens with zero attached hydrogens (tertiary/aromatic N) is 1. The lowest BCUT2D eigenvalue weighted by atomic mass is 10.3. The van der Waals surface area contributed by atoms with Gasteiger partial charge in [0.1, 0.15) is 0 Å². The number of halogens is 2. The molecular formula is C6H9Cl2N. The van der Waals surface area contributed by atoms with Gasteiger partial charge in [-0.3, -0.25) is 4.42 Å². The monoisotopic (exact) mass is 165 g/mol. The van der Waals surface area contributed by atoms with Gasteiger partial charge in [-0.1, -0.05) is 12.2 Å². The van der Waals surface area contributed by atoms with Crippen molar-refractivity contribution in [2.75, 3.05) is 6.54 Å². The van der Waals surface area contributed by atoms with Crippen LogP contribution in [0.4, 0.5) is 0 Å². The highest BCUT2D eigenvalue weighted by atomic mass is 35.5. The average Bonchev–Trinajstić information content (AvgIpc) is 1.77. The van der Waals surface area contributed by atoms with Crippen molar-refractivity contribution in [2.24, 2.45) is 0 Å². The molecule has 1 nitrogen and oxygen atoms in total. The fourth-order valence-electron chi connectivity index (χ4n) is 0.586. The maximum Gasteiger partial charge on any atom is 0.0529 e. The smallest absolute Gasteiger partial charge is 0.0529 e. The Bertz CT molecular complexity index is 140. The maximum absolute atomic E-state index is 5.68. The normalized spacial score (nSPS) is 16.7. The van der Waals surface area contributed by atoms with Gasteiger partial charge >= 0.3 is 0 Å². The minimum absolute atomic E-state index is 0. The lowest BCUT2D eigenvalue weighted by Gasteiger charge is -2.15. The first-order valence-electron chi connectivity index (χ1n) is 2.57. The molecule has 0 atom stereocenters. The summed E-state index contributed by atoms with van der Waals surface area (Å²) in [5.74, 6) is 0. The molecule has 9 heavy (non-hydrogen) atoms. The standard InChI is InChI=1S/C6H8ClN.ClH/c1-6-4-2-3-5-8(6)7;/h2-4H,5H2,1H3;1H. The molecule has 3 heteroatoms. The molecule has 0 unspecified atom stereocenters. The third-order valence-corrected chi connectivity index (χ3v) is 1.53. The van der Waals surface area contributed by atoms with E-state index in [4.69, 9.17) is 11.8 Å². The molecule has 0 aromatic heterocycles. The van der Waals surface area contributed by atoms with Crippen molar-refractivity contribution in [3.05, 3.63) is 23.9 Å². The van der Waals surface area contributed by atoms with Crippen LogP contribution in [-0.4, -0.2) is 11.0 Å². The zero-order chi connectivity index (χ0) is 5.98. The Morgan fingerprint density at radius 2 is 2.33 bits per heavy atom. The van der Waals surface area contributed by atoms with E-state index < -0.39 is 0 Å². The predicted octanol–water partition coefficient (Wildman–Crippen LogP) is 2.34. The van der Waals surface area contributed by atoms with Gasteiger partial charge in [0.25, 0.3) is 0 Å². The highest BCUT2D eigenvalue weighted by Gasteiger charge is 1.99. The van der Waals surface area contributed by atoms with E-state index in [1.807, 2.05) is 25.2 Å². The second-order valence-electron chi connectivity index (χ2n) is 1.78. The highest BCUT2D eigenvalue weighted by Crippen LogP contribution is 2.10. The molecule has 0 amide bonds. The molecule has 0 aliphatic carbocycles. The third kappa shape index (κ3) is 2.29. The van der Waals surface area contributed by atoms with E-state index in [-0.39, 0.29) is 12.4 Å². The Kier molecular flexibility index (Phi) is 3.75. The fourth-order valence-corrected chi connectivity index (χ4v) is 0.722. The van der Waals surface area contributed by atoms with E-state index in [0.29, 0.717) is 0 Å². The first kappa shape index (κ1) is 8.86. The van der Waals surface area contributed by atoms with Crippen LogP contribution < -0.4 is 0 Å². The Morgan fingerprint density at radius 3 is 2.67 bits per heavy atom. The van der Waals surface area contributed by atoms with Crippen molar-refractivity contribution in [3.8, 4) is 0 Å². The number of hydrogen-bond acceptors (Lipinski definition) is 1. The molecule has 1 aliphatic heterocycles. The van der Waals surface area contributed by atoms with Crippen LogP contribution in [0.2, 0.25) is 0 Å². The summed E-state index contributed by atoms with van der Waals surface area (Å²) in [5.41, 5.74) is 1.11. The zero-order valence-electron chi connectivity index (χ0n) is 5.17. The van der Waals surface area contributed by atoms with Gasteiger partial charge in [0.2, 0.25) is 0 Å². The van der Waals surface area contributed by atoms with Gasteiger partial charge in [0.15, 0.2) is 0 Å². The molecule has 0 aromatic rings. The minimum Gasteiger partial charge on any atom is -0.286 e. The fraction of sp³-hybridized carbons (Fsp3) is 0.333. The quantitative estimate of drug-likeness (QED) is 0.499. The van der Waals surface area contributed by atoms with Gasteiger partial charge in [-0.05, 0) is 13.0 Å². The molecule has 0 bridgehead atoms. The Hall–Kier alpha value is -0.140. The van der Waals surface area contributed by atoms with E-state index in [1.54, 1.807) is 4.42 Å². The summed E-state index contributed by atoms with van der Waals surface area (Å²) in [6, 6.07) is 0. The van der Waals surface area contributed by atoms with Crippen LogP contribution in [0.15, 0.2) is 23.9 Å². The molecule has 0 fully saturated rings. The summed E-state index contributed by atoms with van der Waals surface area (Å²) in [6.45, 7) is 2.81. The van der Waals surface area contributed by atoms with Crippen molar-refractivity contribution in [3.63, 3.8) is 0 Å². The predicted molar refractivity (Wildman–Crippen MR) is 42.7 cm³/mol. The molecule has 0 saturated heterocycles. The third-order valence-electron chi connectivity index (χ3n) is 1.12. The molecule has 0 aromatic carbocycles. The first-order valence-corrected chi connectivity index (χ1v) is 2.91. The summed E-state index contributed by atoms with van der Waals surface area (Å²) in [7, 11) is 0. The van der Waals surface area contributed by atoms with E-state index in [1.165, 1.54) is 0 Å². The van der Waals surface area contributed by atoms with Gasteiger partial charge in [-0.15, -0.1) is 12.4 Å². The highest BCUT2D eigenvalue weighted by molar-refractivity contribution is 6.14. The second kappa shape index (κ2) is 3.80. The Balaban J connectivity index is 0.000000640. The van der Waals surface area contributed by atoms with Gasteiger partial charge in [-0.2, -0.15) is 0 Å². The minimum atomic E-state index is 0. The van der Waals surface area contributed by atoms with Crippen LogP contribution in [0.1, 0.15) is 6.92 Å². The van der Waals surface area contributed by atoms with Crippen LogP contribution in [-0.2, 0) is 0 Å². The molecule has 0 saturated carbocycles. The van der Waals surface area contributed by atoms with E-state index in [9.17, 15) is 0 Å². The van der Waals surface area contributed by atoms with E-state index in [2.05, 4.69) is 0 Å². The Morgan fingerprint density at radius 1 is 1.67 bits per heavy atom. The summed E-state index contributed by atoms with van der Waals surface area (Å²) < 4.78 is 1.68. The maximum atomic E-state index is 5.68. The largest absolute Gasteiger partial charge is 0.286 e. The van der Waals surface area contributed by atoms with Crippen molar-refractivity contribution < 1.29 is 0 Å². The Labute approximate surface area is 66.5 Å². The number of hydrogen-bond donors (Lipinski definition) is 0. The molecule has 1 aliphatic rings. The summed E-state index contributed by atoms with van der Waals surface area (Å²) >= 11 is 5.68. The van der Waals surface area contributed by atoms with Crippen LogP contribution in [0.3, 0.4) is 0 Å². The van der Waals surface area contributed by atoms with E-state index >= 15 is 0 Å². The summed E-state index contributed by atoms with van der Waals surface area (Å²) in [5, 5.41) is 0. The topological polar surface area (TPSA) is 3.24 Å². The van der Waals surface area contributed by atoms with E-state index in [0.717, 1.165) is 12.2 Å². The van der Waals surface area contributed by atoms with Gasteiger partial charge in [0, 0.05) is 17.5 Å². The molecular weight excluding hydrogens is 157 g/mol. The lowest BCUT2D eigenvalue weighted by Crippen LogP contribution is -2.10. The zero-order valence-corrected chi connectivity index (χ0v) is 6.75. The summed E-state index contributed by atoms with van der Waals surface area (Å²) in [4.78, 5) is 0. The van der Waals surface area contributed by atoms with Crippen molar-refractivity contribution in [2.45, 2.75) is 6.92 Å². The SMILES string of the molecule is CC1=CC=CCN1Cl.Cl. The molecule has 0 spiro atoms. The average molecular weight is 166 g/mol.